The summed E-state index contributed by atoms with van der Waals surface area (Å²) in [5.41, 5.74) is 0. The standard InChI is InChI=1S/C11H24NO2/c1-3-4-8-12(2)11-14-10-7-5-6-9-13/h3-11H2,1-2H3. The molecule has 0 saturated carbocycles. The lowest BCUT2D eigenvalue weighted by Gasteiger charge is -2.15. The lowest BCUT2D eigenvalue weighted by atomic mass is 10.2. The van der Waals surface area contributed by atoms with Crippen molar-refractivity contribution in [3.05, 3.63) is 0 Å². The Labute approximate surface area is 88.1 Å². The minimum atomic E-state index is 0.0520. The van der Waals surface area contributed by atoms with Gasteiger partial charge in [0.2, 0.25) is 0 Å². The second-order valence-corrected chi connectivity index (χ2v) is 3.74. The van der Waals surface area contributed by atoms with E-state index in [0.717, 1.165) is 39.1 Å². The predicted octanol–water partition coefficient (Wildman–Crippen LogP) is 2.29. The SMILES string of the molecule is CCCCN(C)COCCCCC[O]. The fourth-order valence-electron chi connectivity index (χ4n) is 1.20. The summed E-state index contributed by atoms with van der Waals surface area (Å²) in [6.07, 6.45) is 5.27. The van der Waals surface area contributed by atoms with E-state index in [1.165, 1.54) is 12.8 Å². The summed E-state index contributed by atoms with van der Waals surface area (Å²) in [7, 11) is 2.08. The highest BCUT2D eigenvalue weighted by Crippen LogP contribution is 1.96. The van der Waals surface area contributed by atoms with Crippen molar-refractivity contribution in [1.82, 2.24) is 4.90 Å². The first-order valence-electron chi connectivity index (χ1n) is 5.65. The van der Waals surface area contributed by atoms with E-state index in [4.69, 9.17) is 4.74 Å². The molecule has 0 heterocycles. The highest BCUT2D eigenvalue weighted by molar-refractivity contribution is 4.44. The molecule has 0 N–H and O–H groups in total. The third-order valence-electron chi connectivity index (χ3n) is 2.14. The first-order valence-corrected chi connectivity index (χ1v) is 5.65. The molecular formula is C11H24NO2. The van der Waals surface area contributed by atoms with Crippen LogP contribution >= 0.6 is 0 Å². The molecule has 3 heteroatoms. The summed E-state index contributed by atoms with van der Waals surface area (Å²) < 4.78 is 5.46. The van der Waals surface area contributed by atoms with E-state index in [1.54, 1.807) is 0 Å². The Hall–Kier alpha value is -0.120. The quantitative estimate of drug-likeness (QED) is 0.402. The molecule has 0 fully saturated rings. The van der Waals surface area contributed by atoms with Gasteiger partial charge in [0, 0.05) is 6.61 Å². The maximum Gasteiger partial charge on any atom is 0.0987 e. The van der Waals surface area contributed by atoms with Gasteiger partial charge in [-0.3, -0.25) is 4.90 Å². The molecule has 0 saturated heterocycles. The third-order valence-corrected chi connectivity index (χ3v) is 2.14. The topological polar surface area (TPSA) is 32.4 Å². The molecular weight excluding hydrogens is 178 g/mol. The van der Waals surface area contributed by atoms with Crippen LogP contribution in [-0.4, -0.2) is 38.4 Å². The molecule has 0 aromatic heterocycles. The fraction of sp³-hybridized carbons (Fsp3) is 1.00. The van der Waals surface area contributed by atoms with Crippen LogP contribution in [0.1, 0.15) is 39.0 Å². The van der Waals surface area contributed by atoms with Crippen LogP contribution in [0, 0.1) is 0 Å². The van der Waals surface area contributed by atoms with E-state index >= 15 is 0 Å². The lowest BCUT2D eigenvalue weighted by molar-refractivity contribution is 0.0395. The number of hydrogen-bond donors (Lipinski definition) is 0. The molecule has 0 aliphatic heterocycles. The van der Waals surface area contributed by atoms with Crippen molar-refractivity contribution < 1.29 is 9.84 Å². The van der Waals surface area contributed by atoms with E-state index < -0.39 is 0 Å². The van der Waals surface area contributed by atoms with Crippen LogP contribution in [0.2, 0.25) is 0 Å². The maximum absolute atomic E-state index is 10.1. The summed E-state index contributed by atoms with van der Waals surface area (Å²) in [6, 6.07) is 0. The average Bonchev–Trinajstić information content (AvgIpc) is 2.20. The zero-order valence-electron chi connectivity index (χ0n) is 9.63. The first-order chi connectivity index (χ1) is 6.81. The molecule has 14 heavy (non-hydrogen) atoms. The van der Waals surface area contributed by atoms with Gasteiger partial charge in [-0.2, -0.15) is 0 Å². The highest BCUT2D eigenvalue weighted by Gasteiger charge is 1.96. The van der Waals surface area contributed by atoms with Gasteiger partial charge in [0.15, 0.2) is 0 Å². The minimum Gasteiger partial charge on any atom is -0.366 e. The second-order valence-electron chi connectivity index (χ2n) is 3.74. The molecule has 0 aromatic carbocycles. The Kier molecular flexibility index (Phi) is 10.9. The molecule has 1 radical (unpaired) electrons. The van der Waals surface area contributed by atoms with Gasteiger partial charge in [0.25, 0.3) is 0 Å². The van der Waals surface area contributed by atoms with Crippen LogP contribution in [0.4, 0.5) is 0 Å². The van der Waals surface area contributed by atoms with Crippen molar-refractivity contribution in [3.8, 4) is 0 Å². The monoisotopic (exact) mass is 202 g/mol. The molecule has 0 rings (SSSR count). The molecule has 0 aromatic rings. The molecule has 0 unspecified atom stereocenters. The van der Waals surface area contributed by atoms with E-state index in [1.807, 2.05) is 0 Å². The maximum atomic E-state index is 10.1. The van der Waals surface area contributed by atoms with Gasteiger partial charge in [-0.25, -0.2) is 5.11 Å². The number of ether oxygens (including phenoxy) is 1. The molecule has 0 spiro atoms. The number of rotatable bonds is 10. The molecule has 0 aliphatic carbocycles. The van der Waals surface area contributed by atoms with Gasteiger partial charge >= 0.3 is 0 Å². The molecule has 0 amide bonds. The van der Waals surface area contributed by atoms with Crippen LogP contribution in [-0.2, 0) is 9.84 Å². The van der Waals surface area contributed by atoms with Crippen LogP contribution in [0.3, 0.4) is 0 Å². The smallest absolute Gasteiger partial charge is 0.0987 e. The minimum absolute atomic E-state index is 0.0520. The summed E-state index contributed by atoms with van der Waals surface area (Å²) in [4.78, 5) is 2.19. The molecule has 85 valence electrons. The van der Waals surface area contributed by atoms with E-state index in [-0.39, 0.29) is 6.61 Å². The van der Waals surface area contributed by atoms with Gasteiger partial charge in [-0.1, -0.05) is 13.3 Å². The van der Waals surface area contributed by atoms with E-state index in [9.17, 15) is 5.11 Å². The van der Waals surface area contributed by atoms with Gasteiger partial charge in [0.05, 0.1) is 13.3 Å². The predicted molar refractivity (Wildman–Crippen MR) is 57.8 cm³/mol. The normalized spacial score (nSPS) is 11.1. The van der Waals surface area contributed by atoms with Crippen molar-refractivity contribution in [2.24, 2.45) is 0 Å². The van der Waals surface area contributed by atoms with Gasteiger partial charge in [-0.15, -0.1) is 0 Å². The van der Waals surface area contributed by atoms with Crippen molar-refractivity contribution in [2.45, 2.75) is 39.0 Å². The lowest BCUT2D eigenvalue weighted by Crippen LogP contribution is -2.23. The first kappa shape index (κ1) is 13.9. The second kappa shape index (κ2) is 11.0. The van der Waals surface area contributed by atoms with Gasteiger partial charge < -0.3 is 4.74 Å². The van der Waals surface area contributed by atoms with Crippen LogP contribution < -0.4 is 0 Å². The highest BCUT2D eigenvalue weighted by atomic mass is 16.5. The average molecular weight is 202 g/mol. The molecule has 0 bridgehead atoms. The van der Waals surface area contributed by atoms with Gasteiger partial charge in [-0.05, 0) is 39.3 Å². The zero-order chi connectivity index (χ0) is 10.6. The largest absolute Gasteiger partial charge is 0.366 e. The Morgan fingerprint density at radius 2 is 1.93 bits per heavy atom. The van der Waals surface area contributed by atoms with Crippen LogP contribution in [0.25, 0.3) is 0 Å². The van der Waals surface area contributed by atoms with Gasteiger partial charge in [0.1, 0.15) is 0 Å². The number of nitrogens with zero attached hydrogens (tertiary/aromatic N) is 1. The molecule has 0 aliphatic rings. The number of unbranched alkanes of at least 4 members (excludes halogenated alkanes) is 3. The Bertz CT molecular complexity index is 109. The van der Waals surface area contributed by atoms with Crippen molar-refractivity contribution in [3.63, 3.8) is 0 Å². The van der Waals surface area contributed by atoms with Crippen LogP contribution in [0.15, 0.2) is 0 Å². The Morgan fingerprint density at radius 1 is 1.14 bits per heavy atom. The van der Waals surface area contributed by atoms with Crippen LogP contribution in [0.5, 0.6) is 0 Å². The summed E-state index contributed by atoms with van der Waals surface area (Å²) >= 11 is 0. The fourth-order valence-corrected chi connectivity index (χ4v) is 1.20. The van der Waals surface area contributed by atoms with Crippen molar-refractivity contribution in [1.29, 1.82) is 0 Å². The van der Waals surface area contributed by atoms with E-state index in [0.29, 0.717) is 0 Å². The Balaban J connectivity index is 3.02. The molecule has 3 nitrogen and oxygen atoms in total. The summed E-state index contributed by atoms with van der Waals surface area (Å²) in [6.45, 7) is 4.86. The Morgan fingerprint density at radius 3 is 2.57 bits per heavy atom. The molecule has 0 atom stereocenters. The van der Waals surface area contributed by atoms with E-state index in [2.05, 4.69) is 18.9 Å². The summed E-state index contributed by atoms with van der Waals surface area (Å²) in [5, 5.41) is 10.1. The zero-order valence-corrected chi connectivity index (χ0v) is 9.63. The summed E-state index contributed by atoms with van der Waals surface area (Å²) in [5.74, 6) is 0. The third kappa shape index (κ3) is 9.96. The van der Waals surface area contributed by atoms with Crippen molar-refractivity contribution >= 4 is 0 Å². The number of hydrogen-bond acceptors (Lipinski definition) is 2. The van der Waals surface area contributed by atoms with Crippen molar-refractivity contribution in [2.75, 3.05) is 33.5 Å².